The van der Waals surface area contributed by atoms with E-state index >= 15 is 0 Å². The van der Waals surface area contributed by atoms with E-state index in [0.29, 0.717) is 11.6 Å². The second-order valence-corrected chi connectivity index (χ2v) is 5.69. The minimum atomic E-state index is -0.251. The second kappa shape index (κ2) is 5.74. The maximum atomic E-state index is 11.6. The van der Waals surface area contributed by atoms with Crippen molar-refractivity contribution >= 4 is 17.3 Å². The van der Waals surface area contributed by atoms with Crippen LogP contribution in [-0.2, 0) is 7.05 Å². The minimum absolute atomic E-state index is 0.233. The summed E-state index contributed by atoms with van der Waals surface area (Å²) in [5.74, 6) is 1.54. The Morgan fingerprint density at radius 2 is 2.11 bits per heavy atom. The molecule has 1 aromatic rings. The number of rotatable bonds is 3. The van der Waals surface area contributed by atoms with Gasteiger partial charge in [0.15, 0.2) is 0 Å². The molecule has 1 aromatic heterocycles. The van der Waals surface area contributed by atoms with Crippen molar-refractivity contribution in [2.24, 2.45) is 18.9 Å². The van der Waals surface area contributed by atoms with Gasteiger partial charge in [-0.25, -0.2) is 4.68 Å². The Morgan fingerprint density at radius 1 is 1.44 bits per heavy atom. The van der Waals surface area contributed by atoms with E-state index in [1.165, 1.54) is 30.4 Å². The molecule has 0 radical (unpaired) electrons. The summed E-state index contributed by atoms with van der Waals surface area (Å²) >= 11 is 6.00. The number of halogens is 1. The third-order valence-electron chi connectivity index (χ3n) is 3.79. The van der Waals surface area contributed by atoms with E-state index in [2.05, 4.69) is 17.3 Å². The van der Waals surface area contributed by atoms with E-state index in [9.17, 15) is 4.79 Å². The molecule has 0 bridgehead atoms. The lowest BCUT2D eigenvalue weighted by Crippen LogP contribution is -2.24. The van der Waals surface area contributed by atoms with Crippen LogP contribution in [-0.4, -0.2) is 16.3 Å². The third kappa shape index (κ3) is 3.05. The van der Waals surface area contributed by atoms with E-state index in [-0.39, 0.29) is 10.6 Å². The van der Waals surface area contributed by atoms with Crippen molar-refractivity contribution in [2.45, 2.75) is 32.6 Å². The van der Waals surface area contributed by atoms with Crippen molar-refractivity contribution in [3.05, 3.63) is 21.6 Å². The van der Waals surface area contributed by atoms with Crippen LogP contribution in [0.15, 0.2) is 11.0 Å². The van der Waals surface area contributed by atoms with Crippen LogP contribution >= 0.6 is 11.6 Å². The molecular formula is C13H20ClN3O. The fourth-order valence-electron chi connectivity index (χ4n) is 2.42. The maximum absolute atomic E-state index is 11.6. The molecule has 0 atom stereocenters. The first-order valence-corrected chi connectivity index (χ1v) is 6.91. The van der Waals surface area contributed by atoms with Crippen molar-refractivity contribution < 1.29 is 0 Å². The minimum Gasteiger partial charge on any atom is -0.382 e. The van der Waals surface area contributed by atoms with Gasteiger partial charge in [-0.05, 0) is 24.7 Å². The molecule has 1 aliphatic carbocycles. The molecule has 0 saturated heterocycles. The molecule has 100 valence electrons. The molecule has 0 amide bonds. The standard InChI is InChI=1S/C13H20ClN3O/c1-9-3-5-10(6-4-9)7-15-11-8-16-17(2)13(18)12(11)14/h8-10,15H,3-7H2,1-2H3. The fourth-order valence-corrected chi connectivity index (χ4v) is 2.66. The van der Waals surface area contributed by atoms with Gasteiger partial charge in [-0.15, -0.1) is 0 Å². The van der Waals surface area contributed by atoms with Gasteiger partial charge in [-0.2, -0.15) is 5.10 Å². The number of aryl methyl sites for hydroxylation is 1. The highest BCUT2D eigenvalue weighted by molar-refractivity contribution is 6.32. The fraction of sp³-hybridized carbons (Fsp3) is 0.692. The first-order chi connectivity index (χ1) is 8.58. The number of nitrogens with zero attached hydrogens (tertiary/aromatic N) is 2. The van der Waals surface area contributed by atoms with E-state index in [0.717, 1.165) is 12.5 Å². The van der Waals surface area contributed by atoms with Gasteiger partial charge < -0.3 is 5.32 Å². The van der Waals surface area contributed by atoms with E-state index in [1.54, 1.807) is 13.2 Å². The number of hydrogen-bond donors (Lipinski definition) is 1. The van der Waals surface area contributed by atoms with Crippen LogP contribution in [0.5, 0.6) is 0 Å². The Labute approximate surface area is 112 Å². The molecule has 0 aromatic carbocycles. The molecule has 18 heavy (non-hydrogen) atoms. The van der Waals surface area contributed by atoms with E-state index in [4.69, 9.17) is 11.6 Å². The molecule has 5 heteroatoms. The van der Waals surface area contributed by atoms with Crippen LogP contribution in [0.25, 0.3) is 0 Å². The average Bonchev–Trinajstić information content (AvgIpc) is 2.37. The van der Waals surface area contributed by atoms with Crippen LogP contribution in [0.3, 0.4) is 0 Å². The maximum Gasteiger partial charge on any atom is 0.287 e. The largest absolute Gasteiger partial charge is 0.382 e. The normalized spacial score (nSPS) is 23.9. The van der Waals surface area contributed by atoms with Gasteiger partial charge in [0.1, 0.15) is 5.02 Å². The highest BCUT2D eigenvalue weighted by atomic mass is 35.5. The lowest BCUT2D eigenvalue weighted by molar-refractivity contribution is 0.300. The summed E-state index contributed by atoms with van der Waals surface area (Å²) in [7, 11) is 1.60. The van der Waals surface area contributed by atoms with Crippen molar-refractivity contribution in [1.82, 2.24) is 9.78 Å². The highest BCUT2D eigenvalue weighted by Gasteiger charge is 2.18. The molecule has 1 fully saturated rings. The molecule has 0 spiro atoms. The van der Waals surface area contributed by atoms with Crippen molar-refractivity contribution in [3.8, 4) is 0 Å². The molecule has 1 saturated carbocycles. The molecule has 1 aliphatic rings. The van der Waals surface area contributed by atoms with Gasteiger partial charge >= 0.3 is 0 Å². The Bertz CT molecular complexity index is 464. The van der Waals surface area contributed by atoms with Crippen LogP contribution in [0, 0.1) is 11.8 Å². The monoisotopic (exact) mass is 269 g/mol. The lowest BCUT2D eigenvalue weighted by Gasteiger charge is -2.26. The summed E-state index contributed by atoms with van der Waals surface area (Å²) < 4.78 is 1.25. The predicted octanol–water partition coefficient (Wildman–Crippen LogP) is 2.67. The zero-order valence-electron chi connectivity index (χ0n) is 10.9. The Hall–Kier alpha value is -1.03. The SMILES string of the molecule is CC1CCC(CNc2cnn(C)c(=O)c2Cl)CC1. The topological polar surface area (TPSA) is 46.9 Å². The number of aromatic nitrogens is 2. The number of anilines is 1. The quantitative estimate of drug-likeness (QED) is 0.918. The van der Waals surface area contributed by atoms with Crippen LogP contribution in [0.1, 0.15) is 32.6 Å². The van der Waals surface area contributed by atoms with Gasteiger partial charge in [-0.3, -0.25) is 4.79 Å². The molecule has 4 nitrogen and oxygen atoms in total. The number of hydrogen-bond acceptors (Lipinski definition) is 3. The molecule has 0 aliphatic heterocycles. The smallest absolute Gasteiger partial charge is 0.287 e. The summed E-state index contributed by atoms with van der Waals surface area (Å²) in [6, 6.07) is 0. The van der Waals surface area contributed by atoms with Gasteiger partial charge in [-0.1, -0.05) is 31.4 Å². The molecule has 1 N–H and O–H groups in total. The molecule has 1 heterocycles. The van der Waals surface area contributed by atoms with Gasteiger partial charge in [0.25, 0.3) is 5.56 Å². The summed E-state index contributed by atoms with van der Waals surface area (Å²) in [5, 5.41) is 7.46. The highest BCUT2D eigenvalue weighted by Crippen LogP contribution is 2.28. The summed E-state index contributed by atoms with van der Waals surface area (Å²) in [4.78, 5) is 11.6. The second-order valence-electron chi connectivity index (χ2n) is 5.31. The zero-order chi connectivity index (χ0) is 13.1. The van der Waals surface area contributed by atoms with Gasteiger partial charge in [0.05, 0.1) is 11.9 Å². The van der Waals surface area contributed by atoms with Crippen LogP contribution in [0.2, 0.25) is 5.02 Å². The van der Waals surface area contributed by atoms with E-state index in [1.807, 2.05) is 0 Å². The van der Waals surface area contributed by atoms with Crippen molar-refractivity contribution in [2.75, 3.05) is 11.9 Å². The Balaban J connectivity index is 1.94. The third-order valence-corrected chi connectivity index (χ3v) is 4.16. The average molecular weight is 270 g/mol. The first kappa shape index (κ1) is 13.4. The van der Waals surface area contributed by atoms with Crippen molar-refractivity contribution in [1.29, 1.82) is 0 Å². The summed E-state index contributed by atoms with van der Waals surface area (Å²) in [5.41, 5.74) is 0.400. The van der Waals surface area contributed by atoms with Gasteiger partial charge in [0, 0.05) is 13.6 Å². The zero-order valence-corrected chi connectivity index (χ0v) is 11.7. The summed E-state index contributed by atoms with van der Waals surface area (Å²) in [6.07, 6.45) is 6.73. The van der Waals surface area contributed by atoms with Crippen LogP contribution in [0.4, 0.5) is 5.69 Å². The molecule has 2 rings (SSSR count). The first-order valence-electron chi connectivity index (χ1n) is 6.53. The lowest BCUT2D eigenvalue weighted by atomic mass is 9.83. The van der Waals surface area contributed by atoms with Crippen LogP contribution < -0.4 is 10.9 Å². The molecular weight excluding hydrogens is 250 g/mol. The van der Waals surface area contributed by atoms with E-state index < -0.39 is 0 Å². The number of nitrogens with one attached hydrogen (secondary N) is 1. The molecule has 0 unspecified atom stereocenters. The Morgan fingerprint density at radius 3 is 2.78 bits per heavy atom. The Kier molecular flexibility index (Phi) is 4.27. The predicted molar refractivity (Wildman–Crippen MR) is 74.1 cm³/mol. The van der Waals surface area contributed by atoms with Crippen molar-refractivity contribution in [3.63, 3.8) is 0 Å². The van der Waals surface area contributed by atoms with Gasteiger partial charge in [0.2, 0.25) is 0 Å². The summed E-state index contributed by atoms with van der Waals surface area (Å²) in [6.45, 7) is 3.19.